The molecule has 0 N–H and O–H groups in total. The lowest BCUT2D eigenvalue weighted by Crippen LogP contribution is -2.23. The van der Waals surface area contributed by atoms with E-state index < -0.39 is 4.92 Å². The van der Waals surface area contributed by atoms with E-state index in [9.17, 15) is 14.9 Å². The second-order valence-corrected chi connectivity index (χ2v) is 6.60. The Labute approximate surface area is 166 Å². The maximum atomic E-state index is 13.3. The molecule has 0 aliphatic heterocycles. The molecule has 0 saturated heterocycles. The van der Waals surface area contributed by atoms with Crippen molar-refractivity contribution in [2.75, 3.05) is 0 Å². The molecule has 0 atom stereocenters. The van der Waals surface area contributed by atoms with E-state index in [4.69, 9.17) is 0 Å². The van der Waals surface area contributed by atoms with E-state index in [1.54, 1.807) is 41.0 Å². The van der Waals surface area contributed by atoms with E-state index in [2.05, 4.69) is 4.98 Å². The van der Waals surface area contributed by atoms with Crippen LogP contribution in [-0.2, 0) is 0 Å². The van der Waals surface area contributed by atoms with Crippen molar-refractivity contribution in [3.05, 3.63) is 110 Å². The van der Waals surface area contributed by atoms with Crippen molar-refractivity contribution in [3.63, 3.8) is 0 Å². The maximum absolute atomic E-state index is 13.3. The van der Waals surface area contributed by atoms with Crippen LogP contribution in [0.25, 0.3) is 28.7 Å². The fourth-order valence-corrected chi connectivity index (χ4v) is 3.22. The molecular weight excluding hydrogens is 366 g/mol. The normalized spacial score (nSPS) is 11.2. The van der Waals surface area contributed by atoms with Gasteiger partial charge in [0, 0.05) is 12.1 Å². The summed E-state index contributed by atoms with van der Waals surface area (Å²) in [6, 6.07) is 21.1. The van der Waals surface area contributed by atoms with Crippen molar-refractivity contribution in [2.24, 2.45) is 0 Å². The van der Waals surface area contributed by atoms with Gasteiger partial charge in [0.2, 0.25) is 0 Å². The molecule has 3 aromatic carbocycles. The summed E-state index contributed by atoms with van der Waals surface area (Å²) in [6.07, 6.45) is 3.43. The van der Waals surface area contributed by atoms with Gasteiger partial charge in [0.25, 0.3) is 11.2 Å². The SMILES string of the molecule is Cc1ccccc1-n1c(/C=C/c2cccc([N+](=O)[O-])c2)nc2ccccc2c1=O. The minimum atomic E-state index is -0.436. The molecule has 0 fully saturated rings. The molecule has 6 nitrogen and oxygen atoms in total. The van der Waals surface area contributed by atoms with Crippen LogP contribution in [0.2, 0.25) is 0 Å². The van der Waals surface area contributed by atoms with E-state index in [0.29, 0.717) is 22.3 Å². The van der Waals surface area contributed by atoms with Gasteiger partial charge in [0.1, 0.15) is 5.82 Å². The quantitative estimate of drug-likeness (QED) is 0.375. The monoisotopic (exact) mass is 383 g/mol. The number of non-ortho nitro benzene ring substituents is 1. The number of nitro groups is 1. The van der Waals surface area contributed by atoms with Gasteiger partial charge in [-0.3, -0.25) is 19.5 Å². The van der Waals surface area contributed by atoms with Gasteiger partial charge in [-0.25, -0.2) is 4.98 Å². The second-order valence-electron chi connectivity index (χ2n) is 6.60. The highest BCUT2D eigenvalue weighted by Gasteiger charge is 2.12. The predicted octanol–water partition coefficient (Wildman–Crippen LogP) is 4.77. The molecule has 4 aromatic rings. The molecule has 142 valence electrons. The predicted molar refractivity (Wildman–Crippen MR) is 114 cm³/mol. The molecule has 0 amide bonds. The Morgan fingerprint density at radius 1 is 0.966 bits per heavy atom. The van der Waals surface area contributed by atoms with Gasteiger partial charge in [-0.2, -0.15) is 0 Å². The third-order valence-electron chi connectivity index (χ3n) is 4.66. The topological polar surface area (TPSA) is 78.0 Å². The summed E-state index contributed by atoms with van der Waals surface area (Å²) in [7, 11) is 0. The fraction of sp³-hybridized carbons (Fsp3) is 0.0435. The molecule has 0 unspecified atom stereocenters. The Bertz CT molecular complexity index is 1320. The number of para-hydroxylation sites is 2. The molecule has 29 heavy (non-hydrogen) atoms. The number of nitro benzene ring substituents is 1. The molecule has 0 aliphatic carbocycles. The lowest BCUT2D eigenvalue weighted by atomic mass is 10.1. The number of fused-ring (bicyclic) bond motifs is 1. The summed E-state index contributed by atoms with van der Waals surface area (Å²) < 4.78 is 1.57. The van der Waals surface area contributed by atoms with Crippen LogP contribution in [0.15, 0.2) is 77.6 Å². The number of aryl methyl sites for hydroxylation is 1. The van der Waals surface area contributed by atoms with E-state index in [-0.39, 0.29) is 11.2 Å². The first kappa shape index (κ1) is 18.3. The van der Waals surface area contributed by atoms with Crippen LogP contribution >= 0.6 is 0 Å². The Kier molecular flexibility index (Phi) is 4.75. The second kappa shape index (κ2) is 7.52. The minimum absolute atomic E-state index is 0.00918. The largest absolute Gasteiger partial charge is 0.270 e. The first-order valence-electron chi connectivity index (χ1n) is 9.05. The van der Waals surface area contributed by atoms with Gasteiger partial charge >= 0.3 is 0 Å². The zero-order chi connectivity index (χ0) is 20.4. The number of aromatic nitrogens is 2. The standard InChI is InChI=1S/C23H17N3O3/c1-16-7-2-5-12-21(16)25-22(24-20-11-4-3-10-19(20)23(25)27)14-13-17-8-6-9-18(15-17)26(28)29/h2-15H,1H3/b14-13+. The third-order valence-corrected chi connectivity index (χ3v) is 4.66. The number of benzene rings is 3. The molecule has 0 spiro atoms. The van der Waals surface area contributed by atoms with Crippen LogP contribution in [-0.4, -0.2) is 14.5 Å². The first-order valence-corrected chi connectivity index (χ1v) is 9.05. The third kappa shape index (κ3) is 3.55. The highest BCUT2D eigenvalue weighted by Crippen LogP contribution is 2.19. The summed E-state index contributed by atoms with van der Waals surface area (Å²) in [4.78, 5) is 28.5. The van der Waals surface area contributed by atoms with Crippen LogP contribution in [0.5, 0.6) is 0 Å². The van der Waals surface area contributed by atoms with E-state index >= 15 is 0 Å². The van der Waals surface area contributed by atoms with Crippen LogP contribution in [0, 0.1) is 17.0 Å². The highest BCUT2D eigenvalue weighted by atomic mass is 16.6. The van der Waals surface area contributed by atoms with Crippen molar-refractivity contribution in [1.82, 2.24) is 9.55 Å². The van der Waals surface area contributed by atoms with E-state index in [1.165, 1.54) is 12.1 Å². The molecule has 0 saturated carbocycles. The Balaban J connectivity index is 1.93. The van der Waals surface area contributed by atoms with Gasteiger partial charge in [-0.05, 0) is 42.3 Å². The number of nitrogens with zero attached hydrogens (tertiary/aromatic N) is 3. The van der Waals surface area contributed by atoms with Crippen molar-refractivity contribution >= 4 is 28.7 Å². The first-order chi connectivity index (χ1) is 14.0. The number of hydrogen-bond donors (Lipinski definition) is 0. The summed E-state index contributed by atoms with van der Waals surface area (Å²) >= 11 is 0. The molecular formula is C23H17N3O3. The zero-order valence-corrected chi connectivity index (χ0v) is 15.6. The van der Waals surface area contributed by atoms with Gasteiger partial charge < -0.3 is 0 Å². The van der Waals surface area contributed by atoms with Crippen LogP contribution in [0.4, 0.5) is 5.69 Å². The summed E-state index contributed by atoms with van der Waals surface area (Å²) in [5, 5.41) is 11.5. The molecule has 1 heterocycles. The molecule has 1 aromatic heterocycles. The Morgan fingerprint density at radius 3 is 2.52 bits per heavy atom. The van der Waals surface area contributed by atoms with Gasteiger partial charge in [-0.15, -0.1) is 0 Å². The summed E-state index contributed by atoms with van der Waals surface area (Å²) in [5.74, 6) is 0.453. The van der Waals surface area contributed by atoms with E-state index in [0.717, 1.165) is 11.3 Å². The average Bonchev–Trinajstić information content (AvgIpc) is 2.73. The van der Waals surface area contributed by atoms with Crippen LogP contribution < -0.4 is 5.56 Å². The van der Waals surface area contributed by atoms with E-state index in [1.807, 2.05) is 43.3 Å². The molecule has 6 heteroatoms. The number of hydrogen-bond acceptors (Lipinski definition) is 4. The van der Waals surface area contributed by atoms with Crippen LogP contribution in [0.3, 0.4) is 0 Å². The molecule has 0 bridgehead atoms. The summed E-state index contributed by atoms with van der Waals surface area (Å²) in [5.41, 5.74) is 2.78. The number of rotatable bonds is 4. The Hall–Kier alpha value is -4.06. The van der Waals surface area contributed by atoms with Crippen molar-refractivity contribution in [3.8, 4) is 5.69 Å². The zero-order valence-electron chi connectivity index (χ0n) is 15.6. The average molecular weight is 383 g/mol. The molecule has 0 aliphatic rings. The van der Waals surface area contributed by atoms with Crippen molar-refractivity contribution in [2.45, 2.75) is 6.92 Å². The van der Waals surface area contributed by atoms with Crippen molar-refractivity contribution < 1.29 is 4.92 Å². The highest BCUT2D eigenvalue weighted by molar-refractivity contribution is 5.80. The minimum Gasteiger partial charge on any atom is -0.268 e. The smallest absolute Gasteiger partial charge is 0.268 e. The Morgan fingerprint density at radius 2 is 1.72 bits per heavy atom. The maximum Gasteiger partial charge on any atom is 0.270 e. The molecule has 4 rings (SSSR count). The van der Waals surface area contributed by atoms with Crippen LogP contribution in [0.1, 0.15) is 17.0 Å². The van der Waals surface area contributed by atoms with Gasteiger partial charge in [0.15, 0.2) is 0 Å². The van der Waals surface area contributed by atoms with Crippen molar-refractivity contribution in [1.29, 1.82) is 0 Å². The van der Waals surface area contributed by atoms with Gasteiger partial charge in [-0.1, -0.05) is 48.5 Å². The lowest BCUT2D eigenvalue weighted by Gasteiger charge is -2.13. The fourth-order valence-electron chi connectivity index (χ4n) is 3.22. The lowest BCUT2D eigenvalue weighted by molar-refractivity contribution is -0.384. The van der Waals surface area contributed by atoms with Gasteiger partial charge in [0.05, 0.1) is 21.5 Å². The molecule has 0 radical (unpaired) electrons. The summed E-state index contributed by atoms with van der Waals surface area (Å²) in [6.45, 7) is 1.94.